The minimum Gasteiger partial charge on any atom is -0.481 e. The van der Waals surface area contributed by atoms with Crippen LogP contribution >= 0.6 is 0 Å². The molecule has 72 heavy (non-hydrogen) atoms. The number of amides is 11. The van der Waals surface area contributed by atoms with Crippen molar-refractivity contribution < 1.29 is 72.9 Å². The van der Waals surface area contributed by atoms with Crippen LogP contribution in [0, 0.1) is 0 Å². The third-order valence-electron chi connectivity index (χ3n) is 9.89. The van der Waals surface area contributed by atoms with Gasteiger partial charge in [0.2, 0.25) is 65.0 Å². The van der Waals surface area contributed by atoms with Crippen molar-refractivity contribution in [2.24, 2.45) is 33.7 Å². The van der Waals surface area contributed by atoms with E-state index in [0.717, 1.165) is 0 Å². The van der Waals surface area contributed by atoms with Crippen molar-refractivity contribution in [3.8, 4) is 0 Å². The molecule has 8 atom stereocenters. The van der Waals surface area contributed by atoms with Gasteiger partial charge < -0.3 is 102 Å². The number of aliphatic hydroxyl groups excluding tert-OH is 2. The molecule has 32 heteroatoms. The Morgan fingerprint density at radius 2 is 0.792 bits per heavy atom. The number of hydrogen-bond donors (Lipinski definition) is 19. The molecule has 32 nitrogen and oxygen atoms in total. The maximum absolute atomic E-state index is 13.2. The molecular formula is C40H73N17O15. The van der Waals surface area contributed by atoms with Crippen LogP contribution in [0.15, 0.2) is 4.99 Å². The van der Waals surface area contributed by atoms with E-state index in [0.29, 0.717) is 0 Å². The number of primary amides is 1. The second-order valence-electron chi connectivity index (χ2n) is 16.0. The molecule has 408 valence electrons. The maximum atomic E-state index is 13.2. The molecule has 0 aromatic carbocycles. The molecule has 0 radical (unpaired) electrons. The first kappa shape index (κ1) is 64.7. The van der Waals surface area contributed by atoms with Crippen molar-refractivity contribution in [3.05, 3.63) is 0 Å². The number of likely N-dealkylation sites (N-methyl/N-ethyl adjacent to an activating group) is 1. The van der Waals surface area contributed by atoms with Crippen LogP contribution in [0.3, 0.4) is 0 Å². The number of carboxylic acids is 1. The smallest absolute Gasteiger partial charge is 0.303 e. The third-order valence-corrected chi connectivity index (χ3v) is 9.89. The van der Waals surface area contributed by atoms with E-state index in [1.165, 1.54) is 20.9 Å². The number of guanidine groups is 1. The van der Waals surface area contributed by atoms with Crippen LogP contribution < -0.4 is 87.2 Å². The maximum Gasteiger partial charge on any atom is 0.303 e. The molecule has 11 amide bonds. The monoisotopic (exact) mass is 1030 g/mol. The fraction of sp³-hybridized carbons (Fsp3) is 0.675. The zero-order chi connectivity index (χ0) is 54.9. The standard InChI is InChI=1S/C40H73N17O15/c1-20(58)32(34(43)67)57-30(64)19-51-38(71)25(10-11-31(65)66)56-28(62)17-49-36(69)23(8-5-13-42)53-26(60)15-48-35(68)22(7-4-12-41)54-27(61)16-50-37(70)24(9-6-14-47-40(44)45)55-29(63)18-52-39(72)33(46-3)21(2)59/h20-25,32-33,46,58-59H,4-19,41-42H2,1-3H3,(H2,43,67)(H,48,68)(H,49,69)(H,50,70)(H,51,71)(H,52,72)(H,53,60)(H,54,61)(H,55,63)(H,56,62)(H,57,64)(H,65,66)(H4,44,45,47)/t20-,21-,22+,23+,24+,25+,32?,33?/m1/s1. The molecule has 0 spiro atoms. The summed E-state index contributed by atoms with van der Waals surface area (Å²) >= 11 is 0. The van der Waals surface area contributed by atoms with Gasteiger partial charge in [0.25, 0.3) is 0 Å². The number of carboxylic acid groups (broad SMARTS) is 1. The number of aliphatic imine (C=N–C) groups is 1. The van der Waals surface area contributed by atoms with E-state index in [4.69, 9.17) is 33.8 Å². The van der Waals surface area contributed by atoms with E-state index >= 15 is 0 Å². The molecule has 0 rings (SSSR count). The van der Waals surface area contributed by atoms with Gasteiger partial charge in [-0.3, -0.25) is 62.5 Å². The minimum atomic E-state index is -1.52. The number of carbonyl (C=O) groups is 12. The average molecular weight is 1030 g/mol. The molecular weight excluding hydrogens is 959 g/mol. The Labute approximate surface area is 414 Å². The Morgan fingerprint density at radius 1 is 0.472 bits per heavy atom. The number of hydrogen-bond acceptors (Lipinski definition) is 18. The van der Waals surface area contributed by atoms with Gasteiger partial charge in [-0.15, -0.1) is 0 Å². The molecule has 0 aliphatic carbocycles. The van der Waals surface area contributed by atoms with Crippen molar-refractivity contribution >= 4 is 76.9 Å². The Bertz CT molecular complexity index is 1880. The summed E-state index contributed by atoms with van der Waals surface area (Å²) in [5.41, 5.74) is 27.0. The molecule has 0 fully saturated rings. The van der Waals surface area contributed by atoms with Crippen molar-refractivity contribution in [2.75, 3.05) is 59.4 Å². The van der Waals surface area contributed by atoms with Gasteiger partial charge in [-0.05, 0) is 78.9 Å². The summed E-state index contributed by atoms with van der Waals surface area (Å²) in [4.78, 5) is 155. The van der Waals surface area contributed by atoms with E-state index in [1.54, 1.807) is 0 Å². The summed E-state index contributed by atoms with van der Waals surface area (Å²) in [6.07, 6.45) is -2.94. The van der Waals surface area contributed by atoms with Gasteiger partial charge in [0, 0.05) is 13.0 Å². The normalized spacial score (nSPS) is 14.0. The molecule has 0 aromatic rings. The summed E-state index contributed by atoms with van der Waals surface area (Å²) in [5.74, 6) is -11.3. The van der Waals surface area contributed by atoms with Crippen molar-refractivity contribution in [1.29, 1.82) is 0 Å². The average Bonchev–Trinajstić information content (AvgIpc) is 3.31. The van der Waals surface area contributed by atoms with E-state index in [1.807, 2.05) is 0 Å². The largest absolute Gasteiger partial charge is 0.481 e. The van der Waals surface area contributed by atoms with Gasteiger partial charge in [-0.1, -0.05) is 0 Å². The first-order valence-electron chi connectivity index (χ1n) is 22.7. The highest BCUT2D eigenvalue weighted by Crippen LogP contribution is 2.03. The lowest BCUT2D eigenvalue weighted by molar-refractivity contribution is -0.138. The predicted octanol–water partition coefficient (Wildman–Crippen LogP) is -10.8. The highest BCUT2D eigenvalue weighted by Gasteiger charge is 2.29. The second-order valence-corrected chi connectivity index (χ2v) is 16.0. The van der Waals surface area contributed by atoms with Gasteiger partial charge in [-0.25, -0.2) is 0 Å². The zero-order valence-corrected chi connectivity index (χ0v) is 40.5. The first-order valence-corrected chi connectivity index (χ1v) is 22.7. The lowest BCUT2D eigenvalue weighted by Crippen LogP contribution is -2.55. The lowest BCUT2D eigenvalue weighted by atomic mass is 10.1. The third kappa shape index (κ3) is 28.4. The number of nitrogens with two attached hydrogens (primary N) is 5. The molecule has 2 unspecified atom stereocenters. The van der Waals surface area contributed by atoms with Crippen LogP contribution in [0.4, 0.5) is 0 Å². The van der Waals surface area contributed by atoms with Gasteiger partial charge in [0.15, 0.2) is 5.96 Å². The van der Waals surface area contributed by atoms with Crippen LogP contribution in [0.25, 0.3) is 0 Å². The summed E-state index contributed by atoms with van der Waals surface area (Å²) in [6.45, 7) is -0.686. The Morgan fingerprint density at radius 3 is 1.08 bits per heavy atom. The molecule has 0 aromatic heterocycles. The van der Waals surface area contributed by atoms with Crippen molar-refractivity contribution in [1.82, 2.24) is 58.5 Å². The van der Waals surface area contributed by atoms with Gasteiger partial charge in [0.05, 0.1) is 44.9 Å². The van der Waals surface area contributed by atoms with E-state index in [-0.39, 0.29) is 64.1 Å². The van der Waals surface area contributed by atoms with Gasteiger partial charge in [-0.2, -0.15) is 0 Å². The Hall–Kier alpha value is -7.29. The van der Waals surface area contributed by atoms with Crippen LogP contribution in [0.5, 0.6) is 0 Å². The number of aliphatic hydroxyl groups is 2. The molecule has 24 N–H and O–H groups in total. The Balaban J connectivity index is 5.58. The Kier molecular flexibility index (Phi) is 32.1. The van der Waals surface area contributed by atoms with Crippen LogP contribution in [0.2, 0.25) is 0 Å². The SMILES string of the molecule is CNC(C(=O)NCC(=O)N[C@@H](CCCN=C(N)N)C(=O)NCC(=O)N[C@@H](CCCN)C(=O)NCC(=O)N[C@@H](CCCN)C(=O)NCC(=O)N[C@@H](CCC(=O)O)C(=O)NCC(=O)NC(C(N)=O)[C@@H](C)O)[C@@H](C)O. The highest BCUT2D eigenvalue weighted by molar-refractivity contribution is 5.96. The van der Waals surface area contributed by atoms with Gasteiger partial charge >= 0.3 is 5.97 Å². The fourth-order valence-electron chi connectivity index (χ4n) is 6.16. The predicted molar refractivity (Wildman–Crippen MR) is 253 cm³/mol. The van der Waals surface area contributed by atoms with Gasteiger partial charge in [0.1, 0.15) is 36.3 Å². The summed E-state index contributed by atoms with van der Waals surface area (Å²) < 4.78 is 0. The summed E-state index contributed by atoms with van der Waals surface area (Å²) in [5, 5.41) is 54.2. The van der Waals surface area contributed by atoms with Crippen molar-refractivity contribution in [3.63, 3.8) is 0 Å². The second kappa shape index (κ2) is 35.8. The van der Waals surface area contributed by atoms with E-state index < -0.39 is 165 Å². The summed E-state index contributed by atoms with van der Waals surface area (Å²) in [6, 6.07) is -7.85. The number of rotatable bonds is 37. The quantitative estimate of drug-likeness (QED) is 0.0156. The molecule has 0 heterocycles. The number of aliphatic carboxylic acids is 1. The minimum absolute atomic E-state index is 0.0121. The number of nitrogens with one attached hydrogen (secondary N) is 11. The summed E-state index contributed by atoms with van der Waals surface area (Å²) in [7, 11) is 1.43. The zero-order valence-electron chi connectivity index (χ0n) is 40.5. The molecule has 0 bridgehead atoms. The van der Waals surface area contributed by atoms with Crippen LogP contribution in [-0.4, -0.2) is 200 Å². The van der Waals surface area contributed by atoms with Crippen LogP contribution in [0.1, 0.15) is 65.2 Å². The lowest BCUT2D eigenvalue weighted by Gasteiger charge is -2.22. The van der Waals surface area contributed by atoms with E-state index in [9.17, 15) is 67.7 Å². The molecule has 0 aliphatic heterocycles. The van der Waals surface area contributed by atoms with Crippen LogP contribution in [-0.2, 0) is 57.5 Å². The number of nitrogens with zero attached hydrogens (tertiary/aromatic N) is 1. The molecule has 0 saturated heterocycles. The fourth-order valence-corrected chi connectivity index (χ4v) is 6.16. The molecule has 0 saturated carbocycles. The van der Waals surface area contributed by atoms with Crippen molar-refractivity contribution in [2.45, 2.75) is 114 Å². The topological polar surface area (TPSA) is 540 Å². The first-order chi connectivity index (χ1) is 33.9. The number of carbonyl (C=O) groups excluding carboxylic acids is 11. The molecule has 0 aliphatic rings. The highest BCUT2D eigenvalue weighted by atomic mass is 16.4. The van der Waals surface area contributed by atoms with E-state index in [2.05, 4.69) is 63.5 Å².